The first-order chi connectivity index (χ1) is 3.81. The van der Waals surface area contributed by atoms with Gasteiger partial charge in [0, 0.05) is 10.2 Å². The van der Waals surface area contributed by atoms with Crippen LogP contribution >= 0.6 is 27.5 Å². The van der Waals surface area contributed by atoms with Crippen LogP contribution in [0, 0.1) is 5.41 Å². The molecule has 56 valence electrons. The normalized spacial score (nSPS) is 14.0. The molecule has 0 nitrogen and oxygen atoms in total. The third-order valence-corrected chi connectivity index (χ3v) is 3.86. The molecule has 0 radical (unpaired) electrons. The highest BCUT2D eigenvalue weighted by atomic mass is 79.9. The van der Waals surface area contributed by atoms with E-state index in [1.807, 2.05) is 13.8 Å². The molecule has 0 atom stereocenters. The van der Waals surface area contributed by atoms with E-state index in [9.17, 15) is 0 Å². The summed E-state index contributed by atoms with van der Waals surface area (Å²) < 4.78 is 0. The van der Waals surface area contributed by atoms with E-state index in [-0.39, 0.29) is 10.3 Å². The van der Waals surface area contributed by atoms with Crippen LogP contribution in [0.1, 0.15) is 27.7 Å². The number of alkyl halides is 2. The minimum atomic E-state index is -0.128. The van der Waals surface area contributed by atoms with Gasteiger partial charge in [0.25, 0.3) is 0 Å². The molecule has 0 spiro atoms. The summed E-state index contributed by atoms with van der Waals surface area (Å²) in [6.45, 7) is 8.37. The molecule has 0 aliphatic rings. The van der Waals surface area contributed by atoms with Gasteiger partial charge in [-0.2, -0.15) is 0 Å². The average molecular weight is 214 g/mol. The van der Waals surface area contributed by atoms with Gasteiger partial charge in [-0.15, -0.1) is 11.6 Å². The zero-order valence-corrected chi connectivity index (χ0v) is 8.80. The van der Waals surface area contributed by atoms with Crippen molar-refractivity contribution in [3.63, 3.8) is 0 Å². The first-order valence-corrected chi connectivity index (χ1v) is 4.56. The Morgan fingerprint density at radius 1 is 1.22 bits per heavy atom. The summed E-state index contributed by atoms with van der Waals surface area (Å²) in [5.41, 5.74) is 0.161. The molecular weight excluding hydrogens is 199 g/mol. The summed E-state index contributed by atoms with van der Waals surface area (Å²) in [4.78, 5) is -0.128. The van der Waals surface area contributed by atoms with Crippen LogP contribution in [0.3, 0.4) is 0 Å². The van der Waals surface area contributed by atoms with Gasteiger partial charge in [-0.1, -0.05) is 29.8 Å². The van der Waals surface area contributed by atoms with Crippen LogP contribution in [0.4, 0.5) is 0 Å². The van der Waals surface area contributed by atoms with Crippen LogP contribution in [0.2, 0.25) is 0 Å². The fourth-order valence-electron chi connectivity index (χ4n) is 0.159. The lowest BCUT2D eigenvalue weighted by atomic mass is 9.83. The molecule has 0 aromatic heterocycles. The second-order valence-electron chi connectivity index (χ2n) is 3.49. The van der Waals surface area contributed by atoms with Crippen molar-refractivity contribution < 1.29 is 0 Å². The zero-order chi connectivity index (χ0) is 7.71. The first-order valence-electron chi connectivity index (χ1n) is 3.06. The molecule has 0 bridgehead atoms. The lowest BCUT2D eigenvalue weighted by Gasteiger charge is -2.34. The van der Waals surface area contributed by atoms with Gasteiger partial charge in [0.1, 0.15) is 0 Å². The van der Waals surface area contributed by atoms with Crippen LogP contribution in [0.15, 0.2) is 0 Å². The SMILES string of the molecule is CC(C)(Cl)C(C)(C)CBr. The molecule has 2 heteroatoms. The molecule has 0 aliphatic carbocycles. The van der Waals surface area contributed by atoms with Crippen molar-refractivity contribution in [2.24, 2.45) is 5.41 Å². The Balaban J connectivity index is 4.14. The van der Waals surface area contributed by atoms with E-state index >= 15 is 0 Å². The molecule has 9 heavy (non-hydrogen) atoms. The fourth-order valence-corrected chi connectivity index (χ4v) is 1.09. The number of rotatable bonds is 2. The van der Waals surface area contributed by atoms with Crippen LogP contribution in [0.5, 0.6) is 0 Å². The minimum Gasteiger partial charge on any atom is -0.119 e. The van der Waals surface area contributed by atoms with Crippen molar-refractivity contribution in [3.8, 4) is 0 Å². The van der Waals surface area contributed by atoms with Gasteiger partial charge in [0.05, 0.1) is 0 Å². The van der Waals surface area contributed by atoms with Crippen molar-refractivity contribution in [2.45, 2.75) is 32.6 Å². The lowest BCUT2D eigenvalue weighted by Crippen LogP contribution is -2.34. The molecule has 0 heterocycles. The molecule has 0 rings (SSSR count). The summed E-state index contributed by atoms with van der Waals surface area (Å²) in [6, 6.07) is 0. The van der Waals surface area contributed by atoms with Crippen LogP contribution in [-0.4, -0.2) is 10.2 Å². The molecule has 0 aromatic rings. The van der Waals surface area contributed by atoms with Gasteiger partial charge in [-0.05, 0) is 19.3 Å². The second kappa shape index (κ2) is 2.79. The molecule has 0 fully saturated rings. The third kappa shape index (κ3) is 2.46. The standard InChI is InChI=1S/C7H14BrCl/c1-6(2,5-8)7(3,4)9/h5H2,1-4H3. The highest BCUT2D eigenvalue weighted by Gasteiger charge is 2.33. The maximum absolute atomic E-state index is 6.09. The summed E-state index contributed by atoms with van der Waals surface area (Å²) in [5, 5.41) is 0.941. The molecular formula is C7H14BrCl. The Labute approximate surface area is 71.1 Å². The summed E-state index contributed by atoms with van der Waals surface area (Å²) in [5.74, 6) is 0. The Morgan fingerprint density at radius 2 is 1.56 bits per heavy atom. The van der Waals surface area contributed by atoms with Gasteiger partial charge in [-0.25, -0.2) is 0 Å². The largest absolute Gasteiger partial charge is 0.119 e. The molecule has 0 saturated carbocycles. The maximum atomic E-state index is 6.09. The molecule has 0 amide bonds. The second-order valence-corrected chi connectivity index (χ2v) is 5.00. The number of hydrogen-bond donors (Lipinski definition) is 0. The van der Waals surface area contributed by atoms with E-state index in [1.54, 1.807) is 0 Å². The molecule has 0 unspecified atom stereocenters. The number of halogens is 2. The van der Waals surface area contributed by atoms with E-state index in [0.717, 1.165) is 5.33 Å². The van der Waals surface area contributed by atoms with Gasteiger partial charge in [0.2, 0.25) is 0 Å². The third-order valence-electron chi connectivity index (χ3n) is 1.94. The fraction of sp³-hybridized carbons (Fsp3) is 1.00. The molecule has 0 aliphatic heterocycles. The van der Waals surface area contributed by atoms with Crippen molar-refractivity contribution in [2.75, 3.05) is 5.33 Å². The van der Waals surface area contributed by atoms with Crippen LogP contribution < -0.4 is 0 Å². The van der Waals surface area contributed by atoms with E-state index in [2.05, 4.69) is 29.8 Å². The van der Waals surface area contributed by atoms with Gasteiger partial charge < -0.3 is 0 Å². The molecule has 0 aromatic carbocycles. The van der Waals surface area contributed by atoms with Crippen molar-refractivity contribution in [1.82, 2.24) is 0 Å². The van der Waals surface area contributed by atoms with Crippen molar-refractivity contribution >= 4 is 27.5 Å². The van der Waals surface area contributed by atoms with Gasteiger partial charge in [-0.3, -0.25) is 0 Å². The van der Waals surface area contributed by atoms with E-state index in [4.69, 9.17) is 11.6 Å². The Kier molecular flexibility index (Phi) is 3.03. The molecule has 0 saturated heterocycles. The zero-order valence-electron chi connectivity index (χ0n) is 6.46. The van der Waals surface area contributed by atoms with E-state index in [1.165, 1.54) is 0 Å². The van der Waals surface area contributed by atoms with Crippen molar-refractivity contribution in [1.29, 1.82) is 0 Å². The smallest absolute Gasteiger partial charge is 0.0449 e. The molecule has 0 N–H and O–H groups in total. The number of hydrogen-bond acceptors (Lipinski definition) is 0. The Hall–Kier alpha value is 0.770. The predicted molar refractivity (Wildman–Crippen MR) is 47.5 cm³/mol. The summed E-state index contributed by atoms with van der Waals surface area (Å²) in [7, 11) is 0. The monoisotopic (exact) mass is 212 g/mol. The van der Waals surface area contributed by atoms with E-state index in [0.29, 0.717) is 0 Å². The van der Waals surface area contributed by atoms with Gasteiger partial charge >= 0.3 is 0 Å². The van der Waals surface area contributed by atoms with E-state index < -0.39 is 0 Å². The highest BCUT2D eigenvalue weighted by molar-refractivity contribution is 9.09. The average Bonchev–Trinajstić information content (AvgIpc) is 1.64. The summed E-state index contributed by atoms with van der Waals surface area (Å²) in [6.07, 6.45) is 0. The first kappa shape index (κ1) is 9.77. The minimum absolute atomic E-state index is 0.128. The quantitative estimate of drug-likeness (QED) is 0.617. The highest BCUT2D eigenvalue weighted by Crippen LogP contribution is 2.37. The maximum Gasteiger partial charge on any atom is 0.0449 e. The Morgan fingerprint density at radius 3 is 1.56 bits per heavy atom. The Bertz CT molecular complexity index is 91.6. The van der Waals surface area contributed by atoms with Crippen LogP contribution in [-0.2, 0) is 0 Å². The topological polar surface area (TPSA) is 0 Å². The lowest BCUT2D eigenvalue weighted by molar-refractivity contribution is 0.323. The predicted octanol–water partition coefficient (Wildman–Crippen LogP) is 3.42. The van der Waals surface area contributed by atoms with Crippen LogP contribution in [0.25, 0.3) is 0 Å². The summed E-state index contributed by atoms with van der Waals surface area (Å²) >= 11 is 9.52. The van der Waals surface area contributed by atoms with Gasteiger partial charge in [0.15, 0.2) is 0 Å². The van der Waals surface area contributed by atoms with Crippen molar-refractivity contribution in [3.05, 3.63) is 0 Å².